The average Bonchev–Trinajstić information content (AvgIpc) is 3.05. The first-order chi connectivity index (χ1) is 13.6. The summed E-state index contributed by atoms with van der Waals surface area (Å²) in [6.45, 7) is 0.538. The van der Waals surface area contributed by atoms with Crippen molar-refractivity contribution in [3.05, 3.63) is 64.8 Å². The number of rotatable bonds is 7. The summed E-state index contributed by atoms with van der Waals surface area (Å²) in [5.74, 6) is 0.891. The third-order valence-corrected chi connectivity index (χ3v) is 4.36. The van der Waals surface area contributed by atoms with Gasteiger partial charge in [0.05, 0.1) is 33.4 Å². The highest BCUT2D eigenvalue weighted by atomic mass is 35.5. The van der Waals surface area contributed by atoms with E-state index in [0.29, 0.717) is 23.1 Å². The van der Waals surface area contributed by atoms with Gasteiger partial charge in [0.25, 0.3) is 5.91 Å². The van der Waals surface area contributed by atoms with Gasteiger partial charge in [0, 0.05) is 6.20 Å². The van der Waals surface area contributed by atoms with Gasteiger partial charge in [-0.3, -0.25) is 9.48 Å². The van der Waals surface area contributed by atoms with E-state index in [0.717, 1.165) is 5.56 Å². The van der Waals surface area contributed by atoms with Crippen molar-refractivity contribution in [2.45, 2.75) is 6.54 Å². The average molecular weight is 402 g/mol. The van der Waals surface area contributed by atoms with E-state index in [1.807, 2.05) is 30.3 Å². The molecule has 1 amide bonds. The van der Waals surface area contributed by atoms with Gasteiger partial charge in [0.1, 0.15) is 5.02 Å². The molecule has 0 unspecified atom stereocenters. The number of hydrogen-bond donors (Lipinski definition) is 1. The van der Waals surface area contributed by atoms with Crippen LogP contribution >= 0.6 is 11.6 Å². The van der Waals surface area contributed by atoms with Gasteiger partial charge in [-0.25, -0.2) is 0 Å². The lowest BCUT2D eigenvalue weighted by Crippen LogP contribution is -2.15. The molecule has 1 heterocycles. The van der Waals surface area contributed by atoms with E-state index in [1.54, 1.807) is 23.0 Å². The molecule has 146 valence electrons. The molecule has 0 spiro atoms. The minimum Gasteiger partial charge on any atom is -0.493 e. The van der Waals surface area contributed by atoms with Gasteiger partial charge < -0.3 is 19.5 Å². The predicted molar refractivity (Wildman–Crippen MR) is 107 cm³/mol. The Labute approximate surface area is 167 Å². The van der Waals surface area contributed by atoms with Crippen LogP contribution in [0.1, 0.15) is 15.9 Å². The third-order valence-electron chi connectivity index (χ3n) is 4.09. The van der Waals surface area contributed by atoms with Crippen LogP contribution in [0, 0.1) is 0 Å². The van der Waals surface area contributed by atoms with Gasteiger partial charge in [-0.15, -0.1) is 0 Å². The normalized spacial score (nSPS) is 10.4. The fourth-order valence-corrected chi connectivity index (χ4v) is 2.99. The van der Waals surface area contributed by atoms with Crippen LogP contribution in [0.25, 0.3) is 0 Å². The monoisotopic (exact) mass is 401 g/mol. The summed E-state index contributed by atoms with van der Waals surface area (Å²) in [6, 6.07) is 13.0. The molecule has 0 aliphatic rings. The first kappa shape index (κ1) is 19.6. The van der Waals surface area contributed by atoms with Crippen LogP contribution in [-0.4, -0.2) is 37.0 Å². The zero-order chi connectivity index (χ0) is 20.1. The van der Waals surface area contributed by atoms with Crippen LogP contribution in [0.3, 0.4) is 0 Å². The summed E-state index contributed by atoms with van der Waals surface area (Å²) >= 11 is 6.25. The number of anilines is 1. The van der Waals surface area contributed by atoms with Gasteiger partial charge >= 0.3 is 0 Å². The van der Waals surface area contributed by atoms with E-state index < -0.39 is 5.91 Å². The number of aromatic nitrogens is 2. The standard InChI is InChI=1S/C20H20ClN3O4/c1-26-16-10-9-14(17(27-2)18(16)28-3)20(25)22-19-15(21)12-24(23-19)11-13-7-5-4-6-8-13/h4-10,12H,11H2,1-3H3,(H,22,23,25). The lowest BCUT2D eigenvalue weighted by atomic mass is 10.1. The summed E-state index contributed by atoms with van der Waals surface area (Å²) in [5, 5.41) is 7.41. The van der Waals surface area contributed by atoms with Gasteiger partial charge in [0.2, 0.25) is 5.75 Å². The Morgan fingerprint density at radius 1 is 1.04 bits per heavy atom. The number of carbonyl (C=O) groups excluding carboxylic acids is 1. The Hall–Kier alpha value is -3.19. The highest BCUT2D eigenvalue weighted by Gasteiger charge is 2.22. The summed E-state index contributed by atoms with van der Waals surface area (Å²) in [7, 11) is 4.44. The number of nitrogens with zero attached hydrogens (tertiary/aromatic N) is 2. The zero-order valence-corrected chi connectivity index (χ0v) is 16.5. The predicted octanol–water partition coefficient (Wildman–Crippen LogP) is 3.86. The quantitative estimate of drug-likeness (QED) is 0.650. The number of methoxy groups -OCH3 is 3. The number of nitrogens with one attached hydrogen (secondary N) is 1. The second-order valence-corrected chi connectivity index (χ2v) is 6.25. The molecule has 28 heavy (non-hydrogen) atoms. The Balaban J connectivity index is 1.84. The smallest absolute Gasteiger partial charge is 0.260 e. The Morgan fingerprint density at radius 3 is 2.39 bits per heavy atom. The lowest BCUT2D eigenvalue weighted by molar-refractivity contribution is 0.102. The largest absolute Gasteiger partial charge is 0.493 e. The van der Waals surface area contributed by atoms with Crippen LogP contribution in [0.2, 0.25) is 5.02 Å². The van der Waals surface area contributed by atoms with Crippen molar-refractivity contribution in [3.8, 4) is 17.2 Å². The van der Waals surface area contributed by atoms with E-state index in [1.165, 1.54) is 21.3 Å². The van der Waals surface area contributed by atoms with Crippen molar-refractivity contribution >= 4 is 23.3 Å². The maximum Gasteiger partial charge on any atom is 0.260 e. The number of amides is 1. The molecular weight excluding hydrogens is 382 g/mol. The molecule has 0 aliphatic carbocycles. The molecule has 0 saturated carbocycles. The number of ether oxygens (including phenoxy) is 3. The maximum atomic E-state index is 12.8. The van der Waals surface area contributed by atoms with Gasteiger partial charge in [-0.1, -0.05) is 41.9 Å². The first-order valence-electron chi connectivity index (χ1n) is 8.44. The molecule has 0 fully saturated rings. The molecule has 0 radical (unpaired) electrons. The van der Waals surface area contributed by atoms with Crippen LogP contribution in [-0.2, 0) is 6.54 Å². The summed E-state index contributed by atoms with van der Waals surface area (Å²) in [6.07, 6.45) is 1.66. The molecule has 0 bridgehead atoms. The molecule has 2 aromatic carbocycles. The van der Waals surface area contributed by atoms with Crippen LogP contribution in [0.15, 0.2) is 48.7 Å². The third kappa shape index (κ3) is 4.04. The Bertz CT molecular complexity index is 973. The van der Waals surface area contributed by atoms with E-state index >= 15 is 0 Å². The fourth-order valence-electron chi connectivity index (χ4n) is 2.79. The summed E-state index contributed by atoms with van der Waals surface area (Å²) in [4.78, 5) is 12.8. The van der Waals surface area contributed by atoms with Gasteiger partial charge in [-0.2, -0.15) is 5.10 Å². The van der Waals surface area contributed by atoms with E-state index in [2.05, 4.69) is 10.4 Å². The minimum atomic E-state index is -0.426. The van der Waals surface area contributed by atoms with Crippen molar-refractivity contribution in [2.75, 3.05) is 26.6 Å². The molecular formula is C20H20ClN3O4. The van der Waals surface area contributed by atoms with Crippen molar-refractivity contribution in [3.63, 3.8) is 0 Å². The summed E-state index contributed by atoms with van der Waals surface area (Å²) < 4.78 is 17.6. The molecule has 3 aromatic rings. The molecule has 8 heteroatoms. The van der Waals surface area contributed by atoms with Crippen molar-refractivity contribution in [1.82, 2.24) is 9.78 Å². The second-order valence-electron chi connectivity index (χ2n) is 5.84. The SMILES string of the molecule is COc1ccc(C(=O)Nc2nn(Cc3ccccc3)cc2Cl)c(OC)c1OC. The zero-order valence-electron chi connectivity index (χ0n) is 15.7. The second kappa shape index (κ2) is 8.67. The number of carbonyl (C=O) groups is 1. The van der Waals surface area contributed by atoms with Crippen molar-refractivity contribution in [2.24, 2.45) is 0 Å². The van der Waals surface area contributed by atoms with E-state index in [4.69, 9.17) is 25.8 Å². The minimum absolute atomic E-state index is 0.263. The molecule has 7 nitrogen and oxygen atoms in total. The van der Waals surface area contributed by atoms with Crippen molar-refractivity contribution < 1.29 is 19.0 Å². The van der Waals surface area contributed by atoms with Gasteiger partial charge in [0.15, 0.2) is 17.3 Å². The lowest BCUT2D eigenvalue weighted by Gasteiger charge is -2.15. The first-order valence-corrected chi connectivity index (χ1v) is 8.82. The molecule has 1 N–H and O–H groups in total. The Kier molecular flexibility index (Phi) is 6.06. The molecule has 0 aliphatic heterocycles. The Morgan fingerprint density at radius 2 is 1.75 bits per heavy atom. The molecule has 0 saturated heterocycles. The highest BCUT2D eigenvalue weighted by Crippen LogP contribution is 2.40. The number of hydrogen-bond acceptors (Lipinski definition) is 5. The number of halogens is 1. The van der Waals surface area contributed by atoms with Crippen LogP contribution < -0.4 is 19.5 Å². The topological polar surface area (TPSA) is 74.6 Å². The molecule has 1 aromatic heterocycles. The van der Waals surface area contributed by atoms with Gasteiger partial charge in [-0.05, 0) is 17.7 Å². The van der Waals surface area contributed by atoms with Crippen LogP contribution in [0.4, 0.5) is 5.82 Å². The summed E-state index contributed by atoms with van der Waals surface area (Å²) in [5.41, 5.74) is 1.34. The van der Waals surface area contributed by atoms with Crippen molar-refractivity contribution in [1.29, 1.82) is 0 Å². The molecule has 0 atom stereocenters. The van der Waals surface area contributed by atoms with E-state index in [-0.39, 0.29) is 17.1 Å². The number of benzene rings is 2. The molecule has 3 rings (SSSR count). The fraction of sp³-hybridized carbons (Fsp3) is 0.200. The van der Waals surface area contributed by atoms with E-state index in [9.17, 15) is 4.79 Å². The highest BCUT2D eigenvalue weighted by molar-refractivity contribution is 6.33. The maximum absolute atomic E-state index is 12.8. The van der Waals surface area contributed by atoms with Crippen LogP contribution in [0.5, 0.6) is 17.2 Å².